The maximum absolute atomic E-state index is 14.4. The number of hydrogen-bond donors (Lipinski definition) is 10. The first kappa shape index (κ1) is 50.1. The van der Waals surface area contributed by atoms with Gasteiger partial charge in [-0.25, -0.2) is 4.98 Å². The van der Waals surface area contributed by atoms with E-state index in [4.69, 9.17) is 21.9 Å². The number of carbonyl (C=O) groups is 7. The molecule has 62 heavy (non-hydrogen) atoms. The number of nitrogens with two attached hydrogens (primary N) is 3. The number of ether oxygens (including phenoxy) is 1. The number of hydrogen-bond acceptors (Lipinski definition) is 11. The molecule has 1 aliphatic rings. The minimum Gasteiger partial charge on any atom is -0.497 e. The molecular weight excluding hydrogens is 803 g/mol. The molecule has 2 heterocycles. The number of nitrogens with zero attached hydrogens (tertiary/aromatic N) is 3. The molecule has 7 atom stereocenters. The second-order valence-corrected chi connectivity index (χ2v) is 15.7. The monoisotopic (exact) mass is 868 g/mol. The highest BCUT2D eigenvalue weighted by molar-refractivity contribution is 5.97. The van der Waals surface area contributed by atoms with Crippen molar-refractivity contribution in [2.45, 2.75) is 109 Å². The summed E-state index contributed by atoms with van der Waals surface area (Å²) in [5.74, 6) is -4.76. The lowest BCUT2D eigenvalue weighted by atomic mass is 9.96. The highest BCUT2D eigenvalue weighted by Crippen LogP contribution is 2.20. The van der Waals surface area contributed by atoms with Gasteiger partial charge in [0.1, 0.15) is 42.0 Å². The Bertz CT molecular complexity index is 1840. The number of aliphatic imine (C=N–C) groups is 1. The van der Waals surface area contributed by atoms with E-state index >= 15 is 0 Å². The molecule has 2 aromatic rings. The lowest BCUT2D eigenvalue weighted by molar-refractivity contribution is -0.141. The fraction of sp³-hybridized carbons (Fsp3) is 0.585. The molecule has 1 aromatic carbocycles. The van der Waals surface area contributed by atoms with Crippen molar-refractivity contribution < 1.29 is 38.3 Å². The summed E-state index contributed by atoms with van der Waals surface area (Å²) in [5.41, 5.74) is 17.7. The predicted octanol–water partition coefficient (Wildman–Crippen LogP) is -1.92. The molecule has 1 saturated heterocycles. The molecule has 0 aliphatic carbocycles. The van der Waals surface area contributed by atoms with Crippen LogP contribution in [0.25, 0.3) is 0 Å². The highest BCUT2D eigenvalue weighted by atomic mass is 16.5. The summed E-state index contributed by atoms with van der Waals surface area (Å²) in [5, 5.41) is 16.6. The molecule has 1 fully saturated rings. The van der Waals surface area contributed by atoms with Gasteiger partial charge in [0.2, 0.25) is 41.4 Å². The lowest BCUT2D eigenvalue weighted by Gasteiger charge is -2.31. The van der Waals surface area contributed by atoms with E-state index in [1.165, 1.54) is 24.5 Å². The number of imidazole rings is 1. The van der Waals surface area contributed by atoms with Gasteiger partial charge in [-0.05, 0) is 62.3 Å². The second kappa shape index (κ2) is 24.9. The van der Waals surface area contributed by atoms with E-state index in [2.05, 4.69) is 46.9 Å². The predicted molar refractivity (Wildman–Crippen MR) is 231 cm³/mol. The zero-order valence-corrected chi connectivity index (χ0v) is 36.5. The van der Waals surface area contributed by atoms with Crippen LogP contribution in [0.5, 0.6) is 5.75 Å². The van der Waals surface area contributed by atoms with Crippen LogP contribution < -0.4 is 53.8 Å². The number of guanidine groups is 1. The van der Waals surface area contributed by atoms with Gasteiger partial charge in [0.25, 0.3) is 0 Å². The first-order valence-electron chi connectivity index (χ1n) is 20.9. The van der Waals surface area contributed by atoms with Gasteiger partial charge >= 0.3 is 0 Å². The van der Waals surface area contributed by atoms with E-state index in [1.54, 1.807) is 52.1 Å². The van der Waals surface area contributed by atoms with E-state index in [1.807, 2.05) is 6.92 Å². The number of likely N-dealkylation sites (tertiary alicyclic amines) is 1. The Balaban J connectivity index is 1.91. The minimum absolute atomic E-state index is 0.0164. The number of amides is 7. The zero-order valence-electron chi connectivity index (χ0n) is 36.5. The van der Waals surface area contributed by atoms with E-state index in [0.717, 1.165) is 0 Å². The maximum Gasteiger partial charge on any atom is 0.246 e. The third kappa shape index (κ3) is 15.3. The SMILES string of the molecule is CC[C@@H](C)[C@H](NC(=O)[C@H](Cc1ccc(OC)cc1)NC(=O)[C@@H](NC(=O)[C@H](CCCN=C(N)N)NC(=O)CNC)C(C)C)C(=O)N[C@@H](Cc1cnc[nH]1)C(=O)N1CCC[C@@H]1C(N)=O. The molecule has 21 nitrogen and oxygen atoms in total. The van der Waals surface area contributed by atoms with Gasteiger partial charge < -0.3 is 63.7 Å². The van der Waals surface area contributed by atoms with Crippen LogP contribution >= 0.6 is 0 Å². The van der Waals surface area contributed by atoms with Crippen molar-refractivity contribution >= 4 is 47.3 Å². The Morgan fingerprint density at radius 1 is 0.871 bits per heavy atom. The first-order chi connectivity index (χ1) is 29.5. The summed E-state index contributed by atoms with van der Waals surface area (Å²) in [6, 6.07) is 0.268. The van der Waals surface area contributed by atoms with Gasteiger partial charge in [-0.15, -0.1) is 0 Å². The number of nitrogens with one attached hydrogen (secondary N) is 7. The molecule has 7 amide bonds. The van der Waals surface area contributed by atoms with Gasteiger partial charge in [0.05, 0.1) is 20.0 Å². The van der Waals surface area contributed by atoms with Crippen molar-refractivity contribution in [1.82, 2.24) is 46.8 Å². The second-order valence-electron chi connectivity index (χ2n) is 15.7. The lowest BCUT2D eigenvalue weighted by Crippen LogP contribution is -2.61. The quantitative estimate of drug-likeness (QED) is 0.0297. The summed E-state index contributed by atoms with van der Waals surface area (Å²) in [4.78, 5) is 107. The summed E-state index contributed by atoms with van der Waals surface area (Å²) in [6.45, 7) is 7.47. The van der Waals surface area contributed by atoms with Gasteiger partial charge in [0.15, 0.2) is 5.96 Å². The van der Waals surface area contributed by atoms with E-state index < -0.39 is 89.4 Å². The van der Waals surface area contributed by atoms with E-state index in [-0.39, 0.29) is 44.9 Å². The van der Waals surface area contributed by atoms with Crippen molar-refractivity contribution in [3.63, 3.8) is 0 Å². The molecule has 13 N–H and O–H groups in total. The molecule has 0 bridgehead atoms. The van der Waals surface area contributed by atoms with Gasteiger partial charge in [-0.3, -0.25) is 38.6 Å². The number of benzene rings is 1. The van der Waals surface area contributed by atoms with Crippen LogP contribution in [-0.4, -0.2) is 132 Å². The fourth-order valence-electron chi connectivity index (χ4n) is 7.00. The highest BCUT2D eigenvalue weighted by Gasteiger charge is 2.39. The number of likely N-dealkylation sites (N-methyl/N-ethyl adjacent to an activating group) is 1. The standard InChI is InChI=1S/C41H65N13O8/c1-7-24(4)34(39(60)51-30(19-26-20-46-22-48-26)40(61)54-17-9-11-31(54)35(42)56)53-37(58)29(18-25-12-14-27(62-6)15-13-25)50-38(59)33(23(2)3)52-36(57)28(49-32(55)21-45-5)10-8-16-47-41(43)44/h12-15,20,22-24,28-31,33-34,45H,7-11,16-19,21H2,1-6H3,(H2,42,56)(H,46,48)(H,49,55)(H,50,59)(H,51,60)(H,52,57)(H,53,58)(H4,43,44,47)/t24-,28+,29+,30+,31-,33+,34+/m1/s1. The number of rotatable bonds is 25. The van der Waals surface area contributed by atoms with Crippen LogP contribution in [0, 0.1) is 11.8 Å². The molecule has 342 valence electrons. The Hall–Kier alpha value is -6.25. The molecule has 3 rings (SSSR count). The van der Waals surface area contributed by atoms with Gasteiger partial charge in [-0.2, -0.15) is 0 Å². The molecule has 0 radical (unpaired) electrons. The van der Waals surface area contributed by atoms with Crippen molar-refractivity contribution in [3.05, 3.63) is 48.0 Å². The van der Waals surface area contributed by atoms with E-state index in [0.29, 0.717) is 42.7 Å². The van der Waals surface area contributed by atoms with Crippen molar-refractivity contribution in [2.75, 3.05) is 33.8 Å². The van der Waals surface area contributed by atoms with Crippen LogP contribution in [0.3, 0.4) is 0 Å². The van der Waals surface area contributed by atoms with Crippen LogP contribution in [0.15, 0.2) is 41.8 Å². The minimum atomic E-state index is -1.26. The fourth-order valence-corrected chi connectivity index (χ4v) is 7.00. The molecule has 0 unspecified atom stereocenters. The van der Waals surface area contributed by atoms with Crippen molar-refractivity contribution in [3.8, 4) is 5.75 Å². The number of aromatic nitrogens is 2. The third-order valence-electron chi connectivity index (χ3n) is 10.7. The third-order valence-corrected chi connectivity index (χ3v) is 10.7. The zero-order chi connectivity index (χ0) is 45.9. The number of H-pyrrole nitrogens is 1. The van der Waals surface area contributed by atoms with Gasteiger partial charge in [-0.1, -0.05) is 46.2 Å². The molecule has 0 spiro atoms. The summed E-state index contributed by atoms with van der Waals surface area (Å²) in [6.07, 6.45) is 4.86. The Morgan fingerprint density at radius 3 is 2.10 bits per heavy atom. The van der Waals surface area contributed by atoms with Crippen LogP contribution in [0.1, 0.15) is 71.1 Å². The number of methoxy groups -OCH3 is 1. The summed E-state index contributed by atoms with van der Waals surface area (Å²) in [7, 11) is 3.10. The summed E-state index contributed by atoms with van der Waals surface area (Å²) < 4.78 is 5.29. The average molecular weight is 868 g/mol. The Morgan fingerprint density at radius 2 is 1.52 bits per heavy atom. The Labute approximate surface area is 362 Å². The van der Waals surface area contributed by atoms with Crippen molar-refractivity contribution in [1.29, 1.82) is 0 Å². The molecule has 0 saturated carbocycles. The largest absolute Gasteiger partial charge is 0.497 e. The average Bonchev–Trinajstić information content (AvgIpc) is 3.95. The normalized spacial score (nSPS) is 16.4. The van der Waals surface area contributed by atoms with Crippen molar-refractivity contribution in [2.24, 2.45) is 34.0 Å². The number of primary amides is 1. The maximum atomic E-state index is 14.4. The topological polar surface area (TPSA) is 323 Å². The molecule has 1 aromatic heterocycles. The first-order valence-corrected chi connectivity index (χ1v) is 20.9. The van der Waals surface area contributed by atoms with Crippen LogP contribution in [0.4, 0.5) is 0 Å². The van der Waals surface area contributed by atoms with E-state index in [9.17, 15) is 33.6 Å². The molecular formula is C41H65N13O8. The van der Waals surface area contributed by atoms with Crippen LogP contribution in [-0.2, 0) is 46.4 Å². The number of carbonyl (C=O) groups excluding carboxylic acids is 7. The smallest absolute Gasteiger partial charge is 0.246 e. The molecule has 21 heteroatoms. The summed E-state index contributed by atoms with van der Waals surface area (Å²) >= 11 is 0. The molecule has 1 aliphatic heterocycles. The number of aromatic amines is 1. The Kier molecular flexibility index (Phi) is 20.1. The van der Waals surface area contributed by atoms with Gasteiger partial charge in [0, 0.05) is 37.8 Å². The van der Waals surface area contributed by atoms with Crippen LogP contribution in [0.2, 0.25) is 0 Å².